The molecular formula is C18H21ClN2O5S. The minimum Gasteiger partial charge on any atom is -0.493 e. The van der Waals surface area contributed by atoms with Crippen molar-refractivity contribution in [3.05, 3.63) is 47.5 Å². The number of anilines is 2. The van der Waals surface area contributed by atoms with Gasteiger partial charge in [0.05, 0.1) is 26.2 Å². The van der Waals surface area contributed by atoms with E-state index in [0.29, 0.717) is 22.2 Å². The fraction of sp³-hybridized carbons (Fsp3) is 0.278. The van der Waals surface area contributed by atoms with Crippen LogP contribution in [0.5, 0.6) is 11.5 Å². The van der Waals surface area contributed by atoms with Gasteiger partial charge in [-0.1, -0.05) is 11.6 Å². The van der Waals surface area contributed by atoms with Gasteiger partial charge in [0.1, 0.15) is 6.04 Å². The molecule has 146 valence electrons. The van der Waals surface area contributed by atoms with Crippen LogP contribution < -0.4 is 19.1 Å². The Labute approximate surface area is 163 Å². The Balaban J connectivity index is 2.35. The summed E-state index contributed by atoms with van der Waals surface area (Å²) in [4.78, 5) is 12.6. The van der Waals surface area contributed by atoms with Crippen LogP contribution >= 0.6 is 11.6 Å². The van der Waals surface area contributed by atoms with Crippen molar-refractivity contribution in [3.8, 4) is 11.5 Å². The molecule has 0 radical (unpaired) electrons. The number of carbonyl (C=O) groups is 1. The van der Waals surface area contributed by atoms with E-state index in [2.05, 4.69) is 5.32 Å². The summed E-state index contributed by atoms with van der Waals surface area (Å²) in [5, 5.41) is 3.21. The lowest BCUT2D eigenvalue weighted by atomic mass is 10.2. The maximum absolute atomic E-state index is 12.6. The molecule has 2 rings (SSSR count). The highest BCUT2D eigenvalue weighted by Crippen LogP contribution is 2.33. The van der Waals surface area contributed by atoms with Crippen molar-refractivity contribution in [2.75, 3.05) is 30.1 Å². The maximum Gasteiger partial charge on any atom is 0.247 e. The fourth-order valence-corrected chi connectivity index (χ4v) is 3.84. The number of methoxy groups -OCH3 is 2. The van der Waals surface area contributed by atoms with E-state index >= 15 is 0 Å². The number of amides is 1. The third-order valence-corrected chi connectivity index (χ3v) is 5.32. The van der Waals surface area contributed by atoms with Crippen LogP contribution in [0.4, 0.5) is 11.4 Å². The standard InChI is InChI=1S/C18H21ClN2O5S/c1-12(18(22)20-14-7-5-13(19)6-8-14)21(27(4,23)24)15-9-10-16(25-2)17(11-15)26-3/h5-12H,1-4H3,(H,20,22)/t12-/m1/s1. The van der Waals surface area contributed by atoms with E-state index in [1.807, 2.05) is 0 Å². The van der Waals surface area contributed by atoms with Crippen LogP contribution in [0.15, 0.2) is 42.5 Å². The van der Waals surface area contributed by atoms with Gasteiger partial charge in [0, 0.05) is 16.8 Å². The molecule has 9 heteroatoms. The lowest BCUT2D eigenvalue weighted by Crippen LogP contribution is -2.45. The Kier molecular flexibility index (Phi) is 6.56. The average molecular weight is 413 g/mol. The molecule has 0 aromatic heterocycles. The highest BCUT2D eigenvalue weighted by Gasteiger charge is 2.30. The Bertz CT molecular complexity index is 916. The lowest BCUT2D eigenvalue weighted by Gasteiger charge is -2.28. The third-order valence-electron chi connectivity index (χ3n) is 3.82. The number of ether oxygens (including phenoxy) is 2. The van der Waals surface area contributed by atoms with Gasteiger partial charge in [-0.25, -0.2) is 8.42 Å². The predicted molar refractivity (Wildman–Crippen MR) is 106 cm³/mol. The van der Waals surface area contributed by atoms with E-state index < -0.39 is 22.0 Å². The molecule has 0 aliphatic rings. The largest absolute Gasteiger partial charge is 0.493 e. The van der Waals surface area contributed by atoms with E-state index in [9.17, 15) is 13.2 Å². The Morgan fingerprint density at radius 1 is 1.07 bits per heavy atom. The second-order valence-electron chi connectivity index (χ2n) is 5.77. The van der Waals surface area contributed by atoms with E-state index in [-0.39, 0.29) is 5.69 Å². The van der Waals surface area contributed by atoms with Crippen LogP contribution in [0.1, 0.15) is 6.92 Å². The lowest BCUT2D eigenvalue weighted by molar-refractivity contribution is -0.116. The first-order valence-corrected chi connectivity index (χ1v) is 10.2. The summed E-state index contributed by atoms with van der Waals surface area (Å²) in [5.74, 6) is 0.319. The van der Waals surface area contributed by atoms with Crippen LogP contribution in [0.2, 0.25) is 5.02 Å². The zero-order valence-electron chi connectivity index (χ0n) is 15.4. The van der Waals surface area contributed by atoms with Crippen molar-refractivity contribution >= 4 is 38.9 Å². The number of benzene rings is 2. The molecule has 0 saturated carbocycles. The van der Waals surface area contributed by atoms with E-state index in [0.717, 1.165) is 10.6 Å². The highest BCUT2D eigenvalue weighted by atomic mass is 35.5. The van der Waals surface area contributed by atoms with Crippen molar-refractivity contribution in [1.82, 2.24) is 0 Å². The number of hydrogen-bond donors (Lipinski definition) is 1. The smallest absolute Gasteiger partial charge is 0.247 e. The van der Waals surface area contributed by atoms with Gasteiger partial charge >= 0.3 is 0 Å². The third kappa shape index (κ3) is 5.05. The van der Waals surface area contributed by atoms with Crippen LogP contribution in [0.25, 0.3) is 0 Å². The zero-order chi connectivity index (χ0) is 20.2. The molecular weight excluding hydrogens is 392 g/mol. The number of sulfonamides is 1. The minimum atomic E-state index is -3.75. The van der Waals surface area contributed by atoms with Gasteiger partial charge in [0.2, 0.25) is 15.9 Å². The summed E-state index contributed by atoms with van der Waals surface area (Å²) >= 11 is 5.83. The van der Waals surface area contributed by atoms with Crippen molar-refractivity contribution in [3.63, 3.8) is 0 Å². The molecule has 7 nitrogen and oxygen atoms in total. The van der Waals surface area contributed by atoms with E-state index in [1.54, 1.807) is 36.4 Å². The van der Waals surface area contributed by atoms with Crippen molar-refractivity contribution in [2.45, 2.75) is 13.0 Å². The molecule has 0 saturated heterocycles. The Hall–Kier alpha value is -2.45. The molecule has 1 N–H and O–H groups in total. The average Bonchev–Trinajstić information content (AvgIpc) is 2.62. The number of nitrogens with zero attached hydrogens (tertiary/aromatic N) is 1. The highest BCUT2D eigenvalue weighted by molar-refractivity contribution is 7.92. The summed E-state index contributed by atoms with van der Waals surface area (Å²) in [6, 6.07) is 10.2. The molecule has 27 heavy (non-hydrogen) atoms. The van der Waals surface area contributed by atoms with E-state index in [1.165, 1.54) is 27.2 Å². The molecule has 1 amide bonds. The van der Waals surface area contributed by atoms with Gasteiger partial charge in [-0.2, -0.15) is 0 Å². The van der Waals surface area contributed by atoms with Crippen LogP contribution in [0, 0.1) is 0 Å². The number of halogens is 1. The van der Waals surface area contributed by atoms with Gasteiger partial charge in [-0.15, -0.1) is 0 Å². The van der Waals surface area contributed by atoms with Gasteiger partial charge in [0.15, 0.2) is 11.5 Å². The Morgan fingerprint density at radius 3 is 2.19 bits per heavy atom. The summed E-state index contributed by atoms with van der Waals surface area (Å²) in [5.41, 5.74) is 0.797. The van der Waals surface area contributed by atoms with Crippen LogP contribution in [0.3, 0.4) is 0 Å². The second kappa shape index (κ2) is 8.49. The molecule has 0 unspecified atom stereocenters. The summed E-state index contributed by atoms with van der Waals surface area (Å²) in [6.45, 7) is 1.50. The molecule has 0 aliphatic carbocycles. The first kappa shape index (κ1) is 20.9. The van der Waals surface area contributed by atoms with Gasteiger partial charge in [-0.05, 0) is 43.3 Å². The summed E-state index contributed by atoms with van der Waals surface area (Å²) in [6.07, 6.45) is 1.04. The van der Waals surface area contributed by atoms with Crippen LogP contribution in [-0.4, -0.2) is 40.8 Å². The molecule has 0 aliphatic heterocycles. The molecule has 0 bridgehead atoms. The Morgan fingerprint density at radius 2 is 1.67 bits per heavy atom. The predicted octanol–water partition coefficient (Wildman–Crippen LogP) is 3.15. The van der Waals surface area contributed by atoms with Gasteiger partial charge in [0.25, 0.3) is 0 Å². The first-order chi connectivity index (χ1) is 12.7. The minimum absolute atomic E-state index is 0.286. The molecule has 0 fully saturated rings. The van der Waals surface area contributed by atoms with Crippen molar-refractivity contribution < 1.29 is 22.7 Å². The summed E-state index contributed by atoms with van der Waals surface area (Å²) < 4.78 is 36.2. The van der Waals surface area contributed by atoms with Crippen LogP contribution in [-0.2, 0) is 14.8 Å². The fourth-order valence-electron chi connectivity index (χ4n) is 2.55. The molecule has 2 aromatic carbocycles. The zero-order valence-corrected chi connectivity index (χ0v) is 17.0. The number of carbonyl (C=O) groups excluding carboxylic acids is 1. The molecule has 0 spiro atoms. The first-order valence-electron chi connectivity index (χ1n) is 7.95. The topological polar surface area (TPSA) is 84.9 Å². The number of nitrogens with one attached hydrogen (secondary N) is 1. The van der Waals surface area contributed by atoms with Crippen molar-refractivity contribution in [1.29, 1.82) is 0 Å². The number of rotatable bonds is 7. The maximum atomic E-state index is 12.6. The molecule has 1 atom stereocenters. The normalized spacial score (nSPS) is 12.2. The monoisotopic (exact) mass is 412 g/mol. The quantitative estimate of drug-likeness (QED) is 0.755. The molecule has 0 heterocycles. The summed E-state index contributed by atoms with van der Waals surface area (Å²) in [7, 11) is -0.823. The molecule has 2 aromatic rings. The SMILES string of the molecule is COc1ccc(N([C@H](C)C(=O)Nc2ccc(Cl)cc2)S(C)(=O)=O)cc1OC. The van der Waals surface area contributed by atoms with Crippen molar-refractivity contribution in [2.24, 2.45) is 0 Å². The second-order valence-corrected chi connectivity index (χ2v) is 8.07. The number of hydrogen-bond acceptors (Lipinski definition) is 5. The van der Waals surface area contributed by atoms with Gasteiger partial charge < -0.3 is 14.8 Å². The van der Waals surface area contributed by atoms with E-state index in [4.69, 9.17) is 21.1 Å². The van der Waals surface area contributed by atoms with Gasteiger partial charge in [-0.3, -0.25) is 9.10 Å².